The number of hydrogen-bond acceptors (Lipinski definition) is 17. The Morgan fingerprint density at radius 3 is 2.73 bits per heavy atom. The molecule has 0 amide bonds. The predicted octanol–water partition coefficient (Wildman–Crippen LogP) is 0.532. The maximum atomic E-state index is 15.9. The van der Waals surface area contributed by atoms with Gasteiger partial charge in [-0.25, -0.2) is 23.7 Å². The molecule has 10 atom stereocenters. The highest BCUT2D eigenvalue weighted by Gasteiger charge is 2.56. The molecule has 0 bridgehead atoms. The number of imidazole rings is 1. The number of fused-ring (bicyclic) bond motifs is 3. The number of aromatic amines is 1. The molecular formula is C21H25F2N10O9P2S+. The number of aromatic nitrogens is 6. The maximum absolute atomic E-state index is 15.9. The lowest BCUT2D eigenvalue weighted by Gasteiger charge is -2.27. The lowest BCUT2D eigenvalue weighted by molar-refractivity contribution is -0.0500. The molecule has 0 radical (unpaired) electrons. The SMILES string of the molecule is C=Nc1c(N(C)[C@@H]2O[C@@H]3COP(O)(=S)O[C@@H]4C(CO[P+](=O)O[C@H]3[C@H]2F)O[C@@H](n2cnc3c(N)ncnc32)[C@@H]4F)nc(N)[nH]c1=O. The van der Waals surface area contributed by atoms with E-state index < -0.39 is 83.0 Å². The fourth-order valence-electron chi connectivity index (χ4n) is 5.10. The number of hydrogen-bond donors (Lipinski definition) is 4. The number of ether oxygens (including phenoxy) is 2. The molecule has 3 aliphatic rings. The maximum Gasteiger partial charge on any atom is 0.697 e. The summed E-state index contributed by atoms with van der Waals surface area (Å²) in [5.41, 5.74) is 10.8. The first-order valence-electron chi connectivity index (χ1n) is 12.9. The summed E-state index contributed by atoms with van der Waals surface area (Å²) in [5, 5.41) is 0. The molecule has 6 heterocycles. The van der Waals surface area contributed by atoms with Crippen LogP contribution in [0.4, 0.5) is 32.1 Å². The fourth-order valence-corrected chi connectivity index (χ4v) is 7.31. The van der Waals surface area contributed by atoms with Crippen LogP contribution in [0.5, 0.6) is 0 Å². The number of halogens is 2. The van der Waals surface area contributed by atoms with Crippen molar-refractivity contribution in [2.45, 2.75) is 49.2 Å². The van der Waals surface area contributed by atoms with E-state index in [1.165, 1.54) is 17.9 Å². The van der Waals surface area contributed by atoms with E-state index >= 15 is 8.78 Å². The van der Waals surface area contributed by atoms with Crippen molar-refractivity contribution >= 4 is 67.9 Å². The zero-order chi connectivity index (χ0) is 32.2. The van der Waals surface area contributed by atoms with Crippen LogP contribution in [0.25, 0.3) is 11.2 Å². The summed E-state index contributed by atoms with van der Waals surface area (Å²) in [6.45, 7) is -2.19. The highest BCUT2D eigenvalue weighted by Crippen LogP contribution is 2.51. The number of nitrogens with zero attached hydrogens (tertiary/aromatic N) is 7. The molecule has 24 heteroatoms. The smallest absolute Gasteiger partial charge is 0.382 e. The molecule has 3 aromatic rings. The summed E-state index contributed by atoms with van der Waals surface area (Å²) in [7, 11) is -1.73. The number of nitrogen functional groups attached to an aromatic ring is 2. The lowest BCUT2D eigenvalue weighted by Crippen LogP contribution is -2.41. The van der Waals surface area contributed by atoms with Gasteiger partial charge in [-0.1, -0.05) is 0 Å². The van der Waals surface area contributed by atoms with E-state index in [-0.39, 0.29) is 34.4 Å². The van der Waals surface area contributed by atoms with Crippen LogP contribution in [0.3, 0.4) is 0 Å². The molecule has 0 aromatic carbocycles. The minimum atomic E-state index is -4.27. The largest absolute Gasteiger partial charge is 0.697 e. The quantitative estimate of drug-likeness (QED) is 0.215. The van der Waals surface area contributed by atoms with Crippen molar-refractivity contribution in [2.75, 3.05) is 36.6 Å². The molecule has 0 saturated carbocycles. The number of anilines is 3. The van der Waals surface area contributed by atoms with Gasteiger partial charge in [-0.3, -0.25) is 23.9 Å². The summed E-state index contributed by atoms with van der Waals surface area (Å²) in [5.74, 6) is -0.417. The van der Waals surface area contributed by atoms with E-state index in [2.05, 4.69) is 36.6 Å². The van der Waals surface area contributed by atoms with Crippen LogP contribution < -0.4 is 21.9 Å². The molecule has 6 rings (SSSR count). The Morgan fingerprint density at radius 1 is 1.22 bits per heavy atom. The van der Waals surface area contributed by atoms with Crippen molar-refractivity contribution in [3.63, 3.8) is 0 Å². The van der Waals surface area contributed by atoms with Gasteiger partial charge in [0.2, 0.25) is 5.95 Å². The third kappa shape index (κ3) is 5.94. The van der Waals surface area contributed by atoms with Crippen molar-refractivity contribution in [3.8, 4) is 0 Å². The summed E-state index contributed by atoms with van der Waals surface area (Å²) in [4.78, 5) is 46.2. The standard InChI is InChI=1S/C21H24F2N10O9P2S/c1-26-12-17(30-21(25)31-18(12)34)32(2)19-9(22)13-8(39-19)4-38-44(36,45)42-14-7(3-37-43(35)41-13)40-20(10(14)23)33-6-29-11-15(24)27-5-28-16(11)33/h5-10,13-14,19-20H,1,3-4H2,2H3,(H5-,24,25,27,28,30,31,34,36,45)/p+1/t7?,8-,9-,10-,13-,14-,19-,20-,44?/m1/s1. The molecule has 45 heavy (non-hydrogen) atoms. The Kier molecular flexibility index (Phi) is 8.63. The van der Waals surface area contributed by atoms with Crippen molar-refractivity contribution in [3.05, 3.63) is 23.0 Å². The second-order valence-corrected chi connectivity index (χ2v) is 13.6. The van der Waals surface area contributed by atoms with Gasteiger partial charge >= 0.3 is 15.0 Å². The Morgan fingerprint density at radius 2 is 1.98 bits per heavy atom. The molecule has 242 valence electrons. The fraction of sp³-hybridized carbons (Fsp3) is 0.524. The third-order valence-electron chi connectivity index (χ3n) is 7.17. The van der Waals surface area contributed by atoms with Gasteiger partial charge in [0.15, 0.2) is 53.9 Å². The molecule has 3 fully saturated rings. The van der Waals surface area contributed by atoms with E-state index in [1.807, 2.05) is 0 Å². The van der Waals surface area contributed by atoms with Crippen LogP contribution in [0, 0.1) is 0 Å². The number of aliphatic imine (C=N–C) groups is 1. The van der Waals surface area contributed by atoms with Crippen molar-refractivity contribution in [1.82, 2.24) is 29.5 Å². The van der Waals surface area contributed by atoms with E-state index in [9.17, 15) is 14.3 Å². The van der Waals surface area contributed by atoms with Gasteiger partial charge < -0.3 is 35.3 Å². The second kappa shape index (κ2) is 12.2. The molecular weight excluding hydrogens is 668 g/mol. The van der Waals surface area contributed by atoms with Crippen molar-refractivity contribution in [1.29, 1.82) is 0 Å². The number of alkyl halides is 2. The number of nitrogens with two attached hydrogens (primary N) is 2. The van der Waals surface area contributed by atoms with Gasteiger partial charge in [-0.15, -0.1) is 9.05 Å². The van der Waals surface area contributed by atoms with E-state index in [4.69, 9.17) is 50.8 Å². The minimum absolute atomic E-state index is 0.0506. The Hall–Kier alpha value is -3.17. The summed E-state index contributed by atoms with van der Waals surface area (Å²) < 4.78 is 79.1. The first kappa shape index (κ1) is 31.8. The third-order valence-corrected chi connectivity index (χ3v) is 9.51. The first-order valence-corrected chi connectivity index (χ1v) is 16.6. The lowest BCUT2D eigenvalue weighted by atomic mass is 10.1. The Labute approximate surface area is 257 Å². The molecule has 3 unspecified atom stereocenters. The zero-order valence-electron chi connectivity index (χ0n) is 23.0. The van der Waals surface area contributed by atoms with Crippen LogP contribution in [-0.4, -0.2) is 104 Å². The molecule has 0 aliphatic carbocycles. The normalized spacial score (nSPS) is 34.9. The summed E-state index contributed by atoms with van der Waals surface area (Å²) in [6, 6.07) is 0. The van der Waals surface area contributed by atoms with Gasteiger partial charge in [0.25, 0.3) is 5.56 Å². The predicted molar refractivity (Wildman–Crippen MR) is 155 cm³/mol. The second-order valence-electron chi connectivity index (χ2n) is 9.92. The van der Waals surface area contributed by atoms with Gasteiger partial charge in [-0.05, 0) is 18.5 Å². The summed E-state index contributed by atoms with van der Waals surface area (Å²) >= 11 is 5.13. The summed E-state index contributed by atoms with van der Waals surface area (Å²) in [6.07, 6.45) is -10.5. The minimum Gasteiger partial charge on any atom is -0.382 e. The number of rotatable bonds is 4. The van der Waals surface area contributed by atoms with Gasteiger partial charge in [0.05, 0.1) is 12.9 Å². The van der Waals surface area contributed by atoms with Crippen LogP contribution in [0.1, 0.15) is 6.23 Å². The highest BCUT2D eigenvalue weighted by molar-refractivity contribution is 8.07. The molecule has 19 nitrogen and oxygen atoms in total. The Bertz CT molecular complexity index is 1750. The molecule has 3 saturated heterocycles. The van der Waals surface area contributed by atoms with Crippen molar-refractivity contribution < 1.29 is 45.8 Å². The van der Waals surface area contributed by atoms with Crippen LogP contribution in [0.2, 0.25) is 0 Å². The van der Waals surface area contributed by atoms with Gasteiger partial charge in [0, 0.05) is 11.6 Å². The first-order chi connectivity index (χ1) is 21.4. The molecule has 3 aliphatic heterocycles. The Balaban J connectivity index is 1.24. The van der Waals surface area contributed by atoms with Crippen LogP contribution >= 0.6 is 15.0 Å². The van der Waals surface area contributed by atoms with E-state index in [0.29, 0.717) is 0 Å². The molecule has 0 spiro atoms. The van der Waals surface area contributed by atoms with Gasteiger partial charge in [-0.2, -0.15) is 4.98 Å². The van der Waals surface area contributed by atoms with E-state index in [0.717, 1.165) is 11.2 Å². The van der Waals surface area contributed by atoms with Crippen molar-refractivity contribution in [2.24, 2.45) is 4.99 Å². The van der Waals surface area contributed by atoms with E-state index in [1.54, 1.807) is 0 Å². The molecule has 6 N–H and O–H groups in total. The average Bonchev–Trinajstić information content (AvgIpc) is 3.64. The van der Waals surface area contributed by atoms with Crippen LogP contribution in [-0.2, 0) is 43.9 Å². The number of H-pyrrole nitrogens is 1. The average molecular weight is 694 g/mol. The highest BCUT2D eigenvalue weighted by atomic mass is 32.5. The van der Waals surface area contributed by atoms with Gasteiger partial charge in [0.1, 0.15) is 36.8 Å². The topological polar surface area (TPSA) is 250 Å². The van der Waals surface area contributed by atoms with Crippen LogP contribution in [0.15, 0.2) is 22.4 Å². The number of nitrogens with one attached hydrogen (secondary N) is 1. The monoisotopic (exact) mass is 693 g/mol. The zero-order valence-corrected chi connectivity index (χ0v) is 25.6. The molecule has 3 aromatic heterocycles.